The van der Waals surface area contributed by atoms with Crippen LogP contribution < -0.4 is 5.32 Å². The van der Waals surface area contributed by atoms with Crippen molar-refractivity contribution in [1.82, 2.24) is 4.98 Å². The molecule has 0 spiro atoms. The van der Waals surface area contributed by atoms with E-state index in [1.54, 1.807) is 11.3 Å². The molecule has 4 heteroatoms. The Bertz CT molecular complexity index is 284. The van der Waals surface area contributed by atoms with Crippen LogP contribution in [0.2, 0.25) is 0 Å². The normalized spacial score (nSPS) is 21.4. The zero-order valence-corrected chi connectivity index (χ0v) is 10.3. The summed E-state index contributed by atoms with van der Waals surface area (Å²) in [6, 6.07) is 0. The molecular formula is C10H16N2S2. The molecule has 0 saturated carbocycles. The average molecular weight is 228 g/mol. The zero-order valence-electron chi connectivity index (χ0n) is 8.67. The number of thiazole rings is 1. The van der Waals surface area contributed by atoms with E-state index >= 15 is 0 Å². The fourth-order valence-corrected chi connectivity index (χ4v) is 3.58. The lowest BCUT2D eigenvalue weighted by Gasteiger charge is -2.08. The average Bonchev–Trinajstić information content (AvgIpc) is 2.74. The molecule has 0 amide bonds. The number of nitrogens with zero attached hydrogens (tertiary/aromatic N) is 1. The Morgan fingerprint density at radius 3 is 2.93 bits per heavy atom. The first kappa shape index (κ1) is 10.3. The molecule has 2 nitrogen and oxygen atoms in total. The quantitative estimate of drug-likeness (QED) is 0.860. The van der Waals surface area contributed by atoms with Gasteiger partial charge in [-0.2, -0.15) is 11.8 Å². The predicted molar refractivity (Wildman–Crippen MR) is 65.6 cm³/mol. The van der Waals surface area contributed by atoms with Crippen molar-refractivity contribution in [2.24, 2.45) is 0 Å². The Labute approximate surface area is 93.5 Å². The van der Waals surface area contributed by atoms with Gasteiger partial charge >= 0.3 is 0 Å². The molecule has 0 bridgehead atoms. The molecule has 1 unspecified atom stereocenters. The first-order valence-corrected chi connectivity index (χ1v) is 6.92. The topological polar surface area (TPSA) is 24.9 Å². The molecule has 2 heterocycles. The Hall–Kier alpha value is -0.220. The van der Waals surface area contributed by atoms with Crippen LogP contribution in [0.5, 0.6) is 0 Å². The van der Waals surface area contributed by atoms with Gasteiger partial charge in [0.15, 0.2) is 5.13 Å². The summed E-state index contributed by atoms with van der Waals surface area (Å²) >= 11 is 3.85. The highest BCUT2D eigenvalue weighted by Crippen LogP contribution is 2.27. The van der Waals surface area contributed by atoms with E-state index in [-0.39, 0.29) is 0 Å². The highest BCUT2D eigenvalue weighted by Gasteiger charge is 2.15. The highest BCUT2D eigenvalue weighted by molar-refractivity contribution is 8.00. The van der Waals surface area contributed by atoms with Crippen LogP contribution in [0.25, 0.3) is 0 Å². The third-order valence-electron chi connectivity index (χ3n) is 2.53. The molecule has 14 heavy (non-hydrogen) atoms. The summed E-state index contributed by atoms with van der Waals surface area (Å²) in [6.07, 6.45) is 2.74. The van der Waals surface area contributed by atoms with Crippen molar-refractivity contribution in [3.05, 3.63) is 10.6 Å². The van der Waals surface area contributed by atoms with Crippen LogP contribution >= 0.6 is 23.1 Å². The maximum absolute atomic E-state index is 4.47. The summed E-state index contributed by atoms with van der Waals surface area (Å²) < 4.78 is 0. The monoisotopic (exact) mass is 228 g/mol. The van der Waals surface area contributed by atoms with Gasteiger partial charge < -0.3 is 5.32 Å². The highest BCUT2D eigenvalue weighted by atomic mass is 32.2. The summed E-state index contributed by atoms with van der Waals surface area (Å²) in [5.74, 6) is 1.34. The van der Waals surface area contributed by atoms with Crippen LogP contribution in [0, 0.1) is 13.8 Å². The second kappa shape index (κ2) is 4.53. The second-order valence-corrected chi connectivity index (χ2v) is 6.29. The van der Waals surface area contributed by atoms with E-state index < -0.39 is 0 Å². The minimum atomic E-state index is 0.805. The number of hydrogen-bond donors (Lipinski definition) is 1. The number of aromatic nitrogens is 1. The number of hydrogen-bond acceptors (Lipinski definition) is 4. The molecule has 0 aliphatic carbocycles. The molecular weight excluding hydrogens is 212 g/mol. The van der Waals surface area contributed by atoms with Crippen molar-refractivity contribution in [3.8, 4) is 0 Å². The fraction of sp³-hybridized carbons (Fsp3) is 0.700. The first-order chi connectivity index (χ1) is 6.75. The molecule has 1 aromatic rings. The van der Waals surface area contributed by atoms with Crippen molar-refractivity contribution in [2.75, 3.05) is 17.6 Å². The Balaban J connectivity index is 1.85. The lowest BCUT2D eigenvalue weighted by molar-refractivity contribution is 0.805. The van der Waals surface area contributed by atoms with E-state index in [4.69, 9.17) is 0 Å². The molecule has 1 aliphatic heterocycles. The summed E-state index contributed by atoms with van der Waals surface area (Å²) in [5.41, 5.74) is 1.16. The van der Waals surface area contributed by atoms with Gasteiger partial charge in [-0.1, -0.05) is 0 Å². The van der Waals surface area contributed by atoms with Gasteiger partial charge in [0.25, 0.3) is 0 Å². The van der Waals surface area contributed by atoms with E-state index in [9.17, 15) is 0 Å². The van der Waals surface area contributed by atoms with Crippen LogP contribution in [-0.2, 0) is 0 Å². The summed E-state index contributed by atoms with van der Waals surface area (Å²) in [6.45, 7) is 5.28. The minimum absolute atomic E-state index is 0.805. The van der Waals surface area contributed by atoms with Gasteiger partial charge in [0.2, 0.25) is 0 Å². The fourth-order valence-electron chi connectivity index (χ4n) is 1.55. The number of aryl methyl sites for hydroxylation is 2. The molecule has 0 radical (unpaired) electrons. The first-order valence-electron chi connectivity index (χ1n) is 5.05. The molecule has 78 valence electrons. The molecule has 1 aromatic heterocycles. The standard InChI is InChI=1S/C10H16N2S2/c1-7-8(2)14-10(12-7)11-6-9-4-3-5-13-9/h9H,3-6H2,1-2H3,(H,11,12). The van der Waals surface area contributed by atoms with Gasteiger partial charge in [0.05, 0.1) is 5.69 Å². The summed E-state index contributed by atoms with van der Waals surface area (Å²) in [4.78, 5) is 5.79. The molecule has 1 fully saturated rings. The van der Waals surface area contributed by atoms with Crippen LogP contribution in [0.3, 0.4) is 0 Å². The van der Waals surface area contributed by atoms with Crippen LogP contribution in [0.4, 0.5) is 5.13 Å². The molecule has 0 aromatic carbocycles. The van der Waals surface area contributed by atoms with Crippen molar-refractivity contribution < 1.29 is 0 Å². The Kier molecular flexibility index (Phi) is 3.34. The van der Waals surface area contributed by atoms with Crippen molar-refractivity contribution >= 4 is 28.2 Å². The third kappa shape index (κ3) is 2.42. The lowest BCUT2D eigenvalue weighted by atomic mass is 10.2. The largest absolute Gasteiger partial charge is 0.360 e. The lowest BCUT2D eigenvalue weighted by Crippen LogP contribution is -2.13. The van der Waals surface area contributed by atoms with E-state index in [1.807, 2.05) is 0 Å². The van der Waals surface area contributed by atoms with Crippen molar-refractivity contribution in [2.45, 2.75) is 31.9 Å². The van der Waals surface area contributed by atoms with E-state index in [0.717, 1.165) is 22.6 Å². The van der Waals surface area contributed by atoms with Crippen LogP contribution in [-0.4, -0.2) is 22.5 Å². The van der Waals surface area contributed by atoms with E-state index in [2.05, 4.69) is 35.9 Å². The summed E-state index contributed by atoms with van der Waals surface area (Å²) in [7, 11) is 0. The van der Waals surface area contributed by atoms with Gasteiger partial charge in [-0.3, -0.25) is 0 Å². The van der Waals surface area contributed by atoms with Crippen LogP contribution in [0.1, 0.15) is 23.4 Å². The Morgan fingerprint density at radius 1 is 1.50 bits per heavy atom. The van der Waals surface area contributed by atoms with E-state index in [1.165, 1.54) is 23.5 Å². The molecule has 2 rings (SSSR count). The SMILES string of the molecule is Cc1nc(NCC2CCCS2)sc1C. The molecule has 1 saturated heterocycles. The van der Waals surface area contributed by atoms with Gasteiger partial charge in [-0.15, -0.1) is 11.3 Å². The molecule has 1 aliphatic rings. The van der Waals surface area contributed by atoms with Crippen molar-refractivity contribution in [3.63, 3.8) is 0 Å². The third-order valence-corrected chi connectivity index (χ3v) is 4.96. The molecule has 1 atom stereocenters. The zero-order chi connectivity index (χ0) is 9.97. The minimum Gasteiger partial charge on any atom is -0.360 e. The second-order valence-electron chi connectivity index (χ2n) is 3.68. The number of nitrogens with one attached hydrogen (secondary N) is 1. The van der Waals surface area contributed by atoms with Gasteiger partial charge in [-0.25, -0.2) is 4.98 Å². The van der Waals surface area contributed by atoms with Crippen LogP contribution in [0.15, 0.2) is 0 Å². The molecule has 1 N–H and O–H groups in total. The Morgan fingerprint density at radius 2 is 2.36 bits per heavy atom. The number of rotatable bonds is 3. The van der Waals surface area contributed by atoms with Crippen molar-refractivity contribution in [1.29, 1.82) is 0 Å². The van der Waals surface area contributed by atoms with Gasteiger partial charge in [0.1, 0.15) is 0 Å². The van der Waals surface area contributed by atoms with Gasteiger partial charge in [-0.05, 0) is 32.4 Å². The smallest absolute Gasteiger partial charge is 0.183 e. The van der Waals surface area contributed by atoms with E-state index in [0.29, 0.717) is 0 Å². The van der Waals surface area contributed by atoms with Gasteiger partial charge in [0, 0.05) is 16.7 Å². The maximum Gasteiger partial charge on any atom is 0.183 e. The maximum atomic E-state index is 4.47. The number of anilines is 1. The predicted octanol–water partition coefficient (Wildman–Crippen LogP) is 3.07. The summed E-state index contributed by atoms with van der Waals surface area (Å²) in [5, 5.41) is 5.33. The number of thioether (sulfide) groups is 1.